The zero-order chi connectivity index (χ0) is 31.7. The van der Waals surface area contributed by atoms with Crippen molar-refractivity contribution in [2.45, 2.75) is 32.7 Å². The highest BCUT2D eigenvalue weighted by Gasteiger charge is 2.36. The molecule has 0 spiro atoms. The van der Waals surface area contributed by atoms with Crippen LogP contribution in [0.2, 0.25) is 5.02 Å². The van der Waals surface area contributed by atoms with Crippen LogP contribution in [0.15, 0.2) is 65.4 Å². The average molecular weight is 629 g/mol. The monoisotopic (exact) mass is 628 g/mol. The van der Waals surface area contributed by atoms with Crippen molar-refractivity contribution in [2.75, 3.05) is 43.1 Å². The zero-order valence-electron chi connectivity index (χ0n) is 25.3. The van der Waals surface area contributed by atoms with Crippen molar-refractivity contribution in [3.05, 3.63) is 82.8 Å². The number of nitrogens with zero attached hydrogens (tertiary/aromatic N) is 4. The maximum atomic E-state index is 14.0. The van der Waals surface area contributed by atoms with E-state index in [1.54, 1.807) is 42.3 Å². The maximum absolute atomic E-state index is 14.0. The fraction of sp³-hybridized carbons (Fsp3) is 0.294. The first-order valence-electron chi connectivity index (χ1n) is 14.9. The van der Waals surface area contributed by atoms with Crippen LogP contribution in [0.5, 0.6) is 11.5 Å². The lowest BCUT2D eigenvalue weighted by Crippen LogP contribution is -2.45. The predicted octanol–water partition coefficient (Wildman–Crippen LogP) is 6.25. The highest BCUT2D eigenvalue weighted by molar-refractivity contribution is 6.32. The van der Waals surface area contributed by atoms with Crippen LogP contribution in [0.3, 0.4) is 0 Å². The van der Waals surface area contributed by atoms with Crippen molar-refractivity contribution in [3.63, 3.8) is 0 Å². The Bertz CT molecular complexity index is 1810. The van der Waals surface area contributed by atoms with Gasteiger partial charge in [0.1, 0.15) is 35.0 Å². The predicted molar refractivity (Wildman–Crippen MR) is 172 cm³/mol. The van der Waals surface area contributed by atoms with Crippen molar-refractivity contribution in [1.82, 2.24) is 9.88 Å². The zero-order valence-corrected chi connectivity index (χ0v) is 26.0. The molecule has 0 saturated heterocycles. The van der Waals surface area contributed by atoms with Crippen molar-refractivity contribution < 1.29 is 28.3 Å². The molecule has 6 rings (SSSR count). The normalized spacial score (nSPS) is 14.5. The number of furan rings is 1. The minimum absolute atomic E-state index is 0.158. The molecule has 2 amide bonds. The number of rotatable bonds is 9. The molecule has 45 heavy (non-hydrogen) atoms. The number of anilines is 2. The number of benzene rings is 2. The summed E-state index contributed by atoms with van der Waals surface area (Å²) >= 11 is 6.63. The number of aromatic nitrogens is 1. The fourth-order valence-corrected chi connectivity index (χ4v) is 5.68. The minimum atomic E-state index is -0.483. The third kappa shape index (κ3) is 6.23. The van der Waals surface area contributed by atoms with E-state index in [4.69, 9.17) is 25.5 Å². The molecule has 0 atom stereocenters. The number of carbonyl (C=O) groups excluding carboxylic acids is 3. The molecule has 2 aromatic heterocycles. The highest BCUT2D eigenvalue weighted by atomic mass is 35.5. The van der Waals surface area contributed by atoms with Gasteiger partial charge < -0.3 is 28.6 Å². The summed E-state index contributed by atoms with van der Waals surface area (Å²) in [7, 11) is 1.52. The van der Waals surface area contributed by atoms with Crippen molar-refractivity contribution in [2.24, 2.45) is 0 Å². The van der Waals surface area contributed by atoms with Gasteiger partial charge in [-0.25, -0.2) is 0 Å². The Morgan fingerprint density at radius 3 is 2.64 bits per heavy atom. The summed E-state index contributed by atoms with van der Waals surface area (Å²) in [6.45, 7) is 4.97. The van der Waals surface area contributed by atoms with Gasteiger partial charge in [0, 0.05) is 61.7 Å². The van der Waals surface area contributed by atoms with Gasteiger partial charge in [0.2, 0.25) is 5.91 Å². The van der Waals surface area contributed by atoms with Crippen LogP contribution in [-0.4, -0.2) is 67.0 Å². The Labute approximate surface area is 265 Å². The van der Waals surface area contributed by atoms with Crippen LogP contribution in [0.25, 0.3) is 17.0 Å². The number of ether oxygens (including phenoxy) is 2. The molecule has 1 saturated carbocycles. The van der Waals surface area contributed by atoms with Gasteiger partial charge in [-0.3, -0.25) is 19.4 Å². The van der Waals surface area contributed by atoms with Gasteiger partial charge in [0.05, 0.1) is 23.0 Å². The summed E-state index contributed by atoms with van der Waals surface area (Å²) in [6.07, 6.45) is 8.32. The summed E-state index contributed by atoms with van der Waals surface area (Å²) < 4.78 is 17.2. The number of para-hydroxylation sites is 2. The van der Waals surface area contributed by atoms with E-state index in [-0.39, 0.29) is 30.0 Å². The largest absolute Gasteiger partial charge is 0.465 e. The standard InChI is InChI=1S/C34H33ClN4O6/c1-4-43-33(41)20-37(3)32(40)12-11-28-21(2)23-17-31(25(35)18-30(23)44-28)45-29-13-14-36-19-24(29)34(42)39-16-15-38(22-9-10-22)26-7-5-6-8-27(26)39/h5-8,11-14,17-19,22H,4,9-10,15-16,20H2,1-3H3/b12-11+. The molecular weight excluding hydrogens is 596 g/mol. The molecule has 2 aliphatic rings. The molecule has 10 nitrogen and oxygen atoms in total. The minimum Gasteiger partial charge on any atom is -0.465 e. The first-order valence-corrected chi connectivity index (χ1v) is 15.2. The second kappa shape index (κ2) is 12.6. The lowest BCUT2D eigenvalue weighted by Gasteiger charge is -2.38. The molecule has 1 aliphatic heterocycles. The number of amides is 2. The molecule has 0 unspecified atom stereocenters. The molecular formula is C34H33ClN4O6. The van der Waals surface area contributed by atoms with Crippen LogP contribution in [-0.2, 0) is 14.3 Å². The molecule has 1 fully saturated rings. The first-order chi connectivity index (χ1) is 21.7. The van der Waals surface area contributed by atoms with Crippen LogP contribution >= 0.6 is 11.6 Å². The van der Waals surface area contributed by atoms with Crippen LogP contribution < -0.4 is 14.5 Å². The van der Waals surface area contributed by atoms with E-state index in [1.165, 1.54) is 37.1 Å². The van der Waals surface area contributed by atoms with Gasteiger partial charge in [0.25, 0.3) is 5.91 Å². The average Bonchev–Trinajstić information content (AvgIpc) is 3.84. The van der Waals surface area contributed by atoms with E-state index >= 15 is 0 Å². The van der Waals surface area contributed by atoms with E-state index in [2.05, 4.69) is 16.0 Å². The Morgan fingerprint density at radius 2 is 1.89 bits per heavy atom. The lowest BCUT2D eigenvalue weighted by atomic mass is 10.1. The van der Waals surface area contributed by atoms with Crippen molar-refractivity contribution in [1.29, 1.82) is 0 Å². The maximum Gasteiger partial charge on any atom is 0.325 e. The van der Waals surface area contributed by atoms with Gasteiger partial charge in [-0.2, -0.15) is 0 Å². The molecule has 232 valence electrons. The molecule has 1 aliphatic carbocycles. The Morgan fingerprint density at radius 1 is 1.11 bits per heavy atom. The number of pyridine rings is 1. The van der Waals surface area contributed by atoms with E-state index in [1.807, 2.05) is 25.1 Å². The molecule has 0 radical (unpaired) electrons. The fourth-order valence-electron chi connectivity index (χ4n) is 5.49. The van der Waals surface area contributed by atoms with Crippen molar-refractivity contribution in [3.8, 4) is 11.5 Å². The van der Waals surface area contributed by atoms with Gasteiger partial charge in [-0.1, -0.05) is 23.7 Å². The number of likely N-dealkylation sites (N-methyl/N-ethyl adjacent to an activating group) is 1. The number of esters is 1. The third-order valence-corrected chi connectivity index (χ3v) is 8.26. The molecule has 2 aromatic carbocycles. The Hall–Kier alpha value is -4.83. The first kappa shape index (κ1) is 30.2. The molecule has 4 aromatic rings. The smallest absolute Gasteiger partial charge is 0.325 e. The number of fused-ring (bicyclic) bond motifs is 2. The second-order valence-corrected chi connectivity index (χ2v) is 11.5. The van der Waals surface area contributed by atoms with Gasteiger partial charge in [-0.15, -0.1) is 0 Å². The van der Waals surface area contributed by atoms with Crippen molar-refractivity contribution >= 4 is 57.8 Å². The van der Waals surface area contributed by atoms with Gasteiger partial charge >= 0.3 is 5.97 Å². The Balaban J connectivity index is 1.24. The van der Waals surface area contributed by atoms with E-state index in [0.717, 1.165) is 28.9 Å². The SMILES string of the molecule is CCOC(=O)CN(C)C(=O)/C=C/c1oc2cc(Cl)c(Oc3ccncc3C(=O)N3CCN(C4CC4)c4ccccc43)cc2c1C. The van der Waals surface area contributed by atoms with E-state index in [0.29, 0.717) is 41.0 Å². The number of carbonyl (C=O) groups is 3. The molecule has 0 bridgehead atoms. The molecule has 0 N–H and O–H groups in total. The van der Waals surface area contributed by atoms with Crippen LogP contribution in [0.1, 0.15) is 41.4 Å². The summed E-state index contributed by atoms with van der Waals surface area (Å²) in [4.78, 5) is 47.9. The van der Waals surface area contributed by atoms with Crippen LogP contribution in [0, 0.1) is 6.92 Å². The van der Waals surface area contributed by atoms with E-state index < -0.39 is 5.97 Å². The van der Waals surface area contributed by atoms with Crippen LogP contribution in [0.4, 0.5) is 11.4 Å². The number of halogens is 1. The third-order valence-electron chi connectivity index (χ3n) is 7.96. The van der Waals surface area contributed by atoms with E-state index in [9.17, 15) is 14.4 Å². The summed E-state index contributed by atoms with van der Waals surface area (Å²) in [5, 5.41) is 1.02. The lowest BCUT2D eigenvalue weighted by molar-refractivity contribution is -0.146. The summed E-state index contributed by atoms with van der Waals surface area (Å²) in [6, 6.07) is 13.6. The Kier molecular flexibility index (Phi) is 8.49. The molecule has 11 heteroatoms. The topological polar surface area (TPSA) is 105 Å². The second-order valence-electron chi connectivity index (χ2n) is 11.0. The van der Waals surface area contributed by atoms with Gasteiger partial charge in [0.15, 0.2) is 0 Å². The van der Waals surface area contributed by atoms with Gasteiger partial charge in [-0.05, 0) is 57.0 Å². The number of aryl methyl sites for hydroxylation is 1. The summed E-state index contributed by atoms with van der Waals surface area (Å²) in [5.41, 5.74) is 3.52. The quantitative estimate of drug-likeness (QED) is 0.158. The highest BCUT2D eigenvalue weighted by Crippen LogP contribution is 2.42. The number of hydrogen-bond acceptors (Lipinski definition) is 8. The summed E-state index contributed by atoms with van der Waals surface area (Å²) in [5.74, 6) is 0.0609. The number of hydrogen-bond donors (Lipinski definition) is 0. The molecule has 3 heterocycles.